The topological polar surface area (TPSA) is 32.3 Å². The van der Waals surface area contributed by atoms with Gasteiger partial charge in [-0.15, -0.1) is 0 Å². The van der Waals surface area contributed by atoms with Gasteiger partial charge in [0.1, 0.15) is 0 Å². The van der Waals surface area contributed by atoms with Crippen LogP contribution in [0.1, 0.15) is 32.3 Å². The molecular weight excluding hydrogens is 224 g/mol. The summed E-state index contributed by atoms with van der Waals surface area (Å²) in [5.41, 5.74) is 2.15. The molecule has 98 valence electrons. The van der Waals surface area contributed by atoms with Crippen molar-refractivity contribution in [1.29, 1.82) is 0 Å². The Balaban J connectivity index is 1.94. The first-order chi connectivity index (χ1) is 8.69. The van der Waals surface area contributed by atoms with Crippen LogP contribution in [0.3, 0.4) is 0 Å². The SMILES string of the molecule is CCc1cccc(NC(=O)N2CCC(C)CC2)c1. The predicted molar refractivity (Wildman–Crippen MR) is 74.8 cm³/mol. The summed E-state index contributed by atoms with van der Waals surface area (Å²) in [4.78, 5) is 14.0. The van der Waals surface area contributed by atoms with E-state index in [1.54, 1.807) is 0 Å². The number of likely N-dealkylation sites (tertiary alicyclic amines) is 1. The van der Waals surface area contributed by atoms with Gasteiger partial charge in [0.25, 0.3) is 0 Å². The number of amides is 2. The van der Waals surface area contributed by atoms with Crippen molar-refractivity contribution < 1.29 is 4.79 Å². The molecule has 1 aromatic rings. The van der Waals surface area contributed by atoms with E-state index in [0.29, 0.717) is 0 Å². The van der Waals surface area contributed by atoms with Crippen LogP contribution < -0.4 is 5.32 Å². The lowest BCUT2D eigenvalue weighted by Gasteiger charge is -2.30. The Morgan fingerprint density at radius 2 is 2.11 bits per heavy atom. The Kier molecular flexibility index (Phi) is 4.24. The van der Waals surface area contributed by atoms with E-state index in [0.717, 1.165) is 44.0 Å². The number of anilines is 1. The molecule has 2 rings (SSSR count). The minimum atomic E-state index is 0.0372. The van der Waals surface area contributed by atoms with Crippen molar-refractivity contribution in [1.82, 2.24) is 4.90 Å². The van der Waals surface area contributed by atoms with Gasteiger partial charge in [0, 0.05) is 18.8 Å². The van der Waals surface area contributed by atoms with Crippen molar-refractivity contribution in [2.75, 3.05) is 18.4 Å². The maximum absolute atomic E-state index is 12.1. The van der Waals surface area contributed by atoms with Crippen LogP contribution in [0.5, 0.6) is 0 Å². The molecule has 1 N–H and O–H groups in total. The molecule has 2 amide bonds. The molecule has 1 aliphatic rings. The lowest BCUT2D eigenvalue weighted by Crippen LogP contribution is -2.40. The molecule has 0 spiro atoms. The van der Waals surface area contributed by atoms with Crippen LogP contribution in [0.15, 0.2) is 24.3 Å². The molecule has 1 saturated heterocycles. The average molecular weight is 246 g/mol. The van der Waals surface area contributed by atoms with Gasteiger partial charge >= 0.3 is 6.03 Å². The Hall–Kier alpha value is -1.51. The number of benzene rings is 1. The molecular formula is C15H22N2O. The fraction of sp³-hybridized carbons (Fsp3) is 0.533. The highest BCUT2D eigenvalue weighted by atomic mass is 16.2. The third kappa shape index (κ3) is 3.25. The molecule has 0 atom stereocenters. The zero-order valence-corrected chi connectivity index (χ0v) is 11.3. The van der Waals surface area contributed by atoms with Crippen LogP contribution in [0.25, 0.3) is 0 Å². The summed E-state index contributed by atoms with van der Waals surface area (Å²) in [6.45, 7) is 6.12. The maximum atomic E-state index is 12.1. The summed E-state index contributed by atoms with van der Waals surface area (Å²) in [6, 6.07) is 8.11. The highest BCUT2D eigenvalue weighted by molar-refractivity contribution is 5.89. The summed E-state index contributed by atoms with van der Waals surface area (Å²) < 4.78 is 0. The lowest BCUT2D eigenvalue weighted by molar-refractivity contribution is 0.186. The van der Waals surface area contributed by atoms with Crippen LogP contribution in [0.4, 0.5) is 10.5 Å². The summed E-state index contributed by atoms with van der Waals surface area (Å²) in [5.74, 6) is 0.748. The van der Waals surface area contributed by atoms with Crippen LogP contribution >= 0.6 is 0 Å². The van der Waals surface area contributed by atoms with Crippen LogP contribution in [-0.2, 0) is 6.42 Å². The second-order valence-corrected chi connectivity index (χ2v) is 5.15. The summed E-state index contributed by atoms with van der Waals surface area (Å²) in [5, 5.41) is 2.99. The number of rotatable bonds is 2. The summed E-state index contributed by atoms with van der Waals surface area (Å²) in [7, 11) is 0. The molecule has 0 aliphatic carbocycles. The molecule has 1 heterocycles. The minimum Gasteiger partial charge on any atom is -0.325 e. The van der Waals surface area contributed by atoms with Gasteiger partial charge in [0.2, 0.25) is 0 Å². The Morgan fingerprint density at radius 3 is 2.78 bits per heavy atom. The molecule has 18 heavy (non-hydrogen) atoms. The zero-order valence-electron chi connectivity index (χ0n) is 11.3. The number of hydrogen-bond donors (Lipinski definition) is 1. The van der Waals surface area contributed by atoms with Gasteiger partial charge in [-0.3, -0.25) is 0 Å². The molecule has 0 saturated carbocycles. The third-order valence-electron chi connectivity index (χ3n) is 3.66. The van der Waals surface area contributed by atoms with Crippen molar-refractivity contribution >= 4 is 11.7 Å². The molecule has 1 aromatic carbocycles. The van der Waals surface area contributed by atoms with Crippen molar-refractivity contribution in [2.24, 2.45) is 5.92 Å². The molecule has 3 nitrogen and oxygen atoms in total. The Labute approximate surface area is 109 Å². The molecule has 0 aromatic heterocycles. The normalized spacial score (nSPS) is 16.7. The molecule has 0 radical (unpaired) electrons. The van der Waals surface area contributed by atoms with Crippen molar-refractivity contribution in [3.05, 3.63) is 29.8 Å². The fourth-order valence-corrected chi connectivity index (χ4v) is 2.28. The van der Waals surface area contributed by atoms with Crippen molar-refractivity contribution in [2.45, 2.75) is 33.1 Å². The van der Waals surface area contributed by atoms with Crippen LogP contribution in [0.2, 0.25) is 0 Å². The molecule has 0 unspecified atom stereocenters. The van der Waals surface area contributed by atoms with Crippen LogP contribution in [0, 0.1) is 5.92 Å². The summed E-state index contributed by atoms with van der Waals surface area (Å²) >= 11 is 0. The Morgan fingerprint density at radius 1 is 1.39 bits per heavy atom. The first kappa shape index (κ1) is 12.9. The number of piperidine rings is 1. The van der Waals surface area contributed by atoms with E-state index in [2.05, 4.69) is 25.2 Å². The van der Waals surface area contributed by atoms with Gasteiger partial charge < -0.3 is 10.2 Å². The van der Waals surface area contributed by atoms with E-state index in [9.17, 15) is 4.79 Å². The highest BCUT2D eigenvalue weighted by Gasteiger charge is 2.20. The first-order valence-corrected chi connectivity index (χ1v) is 6.84. The van der Waals surface area contributed by atoms with E-state index in [1.165, 1.54) is 5.56 Å². The van der Waals surface area contributed by atoms with Gasteiger partial charge in [-0.25, -0.2) is 4.79 Å². The molecule has 1 fully saturated rings. The monoisotopic (exact) mass is 246 g/mol. The predicted octanol–water partition coefficient (Wildman–Crippen LogP) is 3.51. The number of hydrogen-bond acceptors (Lipinski definition) is 1. The minimum absolute atomic E-state index is 0.0372. The second-order valence-electron chi connectivity index (χ2n) is 5.15. The van der Waals surface area contributed by atoms with Gasteiger partial charge in [0.15, 0.2) is 0 Å². The smallest absolute Gasteiger partial charge is 0.321 e. The fourth-order valence-electron chi connectivity index (χ4n) is 2.28. The molecule has 0 bridgehead atoms. The first-order valence-electron chi connectivity index (χ1n) is 6.84. The van der Waals surface area contributed by atoms with Gasteiger partial charge in [0.05, 0.1) is 0 Å². The van der Waals surface area contributed by atoms with E-state index in [1.807, 2.05) is 23.1 Å². The second kappa shape index (κ2) is 5.89. The lowest BCUT2D eigenvalue weighted by atomic mass is 10.00. The quantitative estimate of drug-likeness (QED) is 0.851. The van der Waals surface area contributed by atoms with E-state index in [-0.39, 0.29) is 6.03 Å². The largest absolute Gasteiger partial charge is 0.325 e. The van der Waals surface area contributed by atoms with Crippen LogP contribution in [-0.4, -0.2) is 24.0 Å². The number of carbonyl (C=O) groups excluding carboxylic acids is 1. The standard InChI is InChI=1S/C15H22N2O/c1-3-13-5-4-6-14(11-13)16-15(18)17-9-7-12(2)8-10-17/h4-6,11-12H,3,7-10H2,1-2H3,(H,16,18). The third-order valence-corrected chi connectivity index (χ3v) is 3.66. The number of nitrogens with zero attached hydrogens (tertiary/aromatic N) is 1. The number of aryl methyl sites for hydroxylation is 1. The maximum Gasteiger partial charge on any atom is 0.321 e. The summed E-state index contributed by atoms with van der Waals surface area (Å²) in [6.07, 6.45) is 3.22. The molecule has 3 heteroatoms. The number of nitrogens with one attached hydrogen (secondary N) is 1. The number of carbonyl (C=O) groups is 1. The zero-order chi connectivity index (χ0) is 13.0. The number of urea groups is 1. The van der Waals surface area contributed by atoms with E-state index < -0.39 is 0 Å². The van der Waals surface area contributed by atoms with Gasteiger partial charge in [-0.2, -0.15) is 0 Å². The van der Waals surface area contributed by atoms with Gasteiger partial charge in [-0.05, 0) is 42.9 Å². The van der Waals surface area contributed by atoms with Crippen molar-refractivity contribution in [3.8, 4) is 0 Å². The van der Waals surface area contributed by atoms with Crippen molar-refractivity contribution in [3.63, 3.8) is 0 Å². The van der Waals surface area contributed by atoms with Gasteiger partial charge in [-0.1, -0.05) is 26.0 Å². The highest BCUT2D eigenvalue weighted by Crippen LogP contribution is 2.17. The molecule has 1 aliphatic heterocycles. The average Bonchev–Trinajstić information content (AvgIpc) is 2.39. The Bertz CT molecular complexity index is 409. The van der Waals surface area contributed by atoms with E-state index >= 15 is 0 Å². The van der Waals surface area contributed by atoms with E-state index in [4.69, 9.17) is 0 Å².